The summed E-state index contributed by atoms with van der Waals surface area (Å²) in [5.74, 6) is 0.870. The van der Waals surface area contributed by atoms with Crippen molar-refractivity contribution in [2.45, 2.75) is 13.1 Å². The van der Waals surface area contributed by atoms with Gasteiger partial charge in [-0.2, -0.15) is 0 Å². The molecule has 0 atom stereocenters. The maximum atomic E-state index is 11.0. The van der Waals surface area contributed by atoms with Gasteiger partial charge in [0, 0.05) is 24.2 Å². The summed E-state index contributed by atoms with van der Waals surface area (Å²) in [6.07, 6.45) is 0. The minimum atomic E-state index is -0.00791. The average molecular weight is 300 g/mol. The fraction of sp³-hybridized carbons (Fsp3) is 0.188. The third kappa shape index (κ3) is 3.32. The minimum absolute atomic E-state index is 0.00791. The van der Waals surface area contributed by atoms with Gasteiger partial charge in [0.1, 0.15) is 5.75 Å². The Morgan fingerprint density at radius 3 is 2.71 bits per heavy atom. The van der Waals surface area contributed by atoms with Crippen molar-refractivity contribution >= 4 is 22.1 Å². The van der Waals surface area contributed by atoms with Crippen LogP contribution in [0.2, 0.25) is 0 Å². The molecular weight excluding hydrogens is 284 g/mol. The Balaban J connectivity index is 1.68. The van der Waals surface area contributed by atoms with Crippen molar-refractivity contribution in [1.82, 2.24) is 10.3 Å². The Morgan fingerprint density at radius 1 is 1.14 bits per heavy atom. The Labute approximate surface area is 126 Å². The van der Waals surface area contributed by atoms with Crippen molar-refractivity contribution < 1.29 is 4.74 Å². The highest BCUT2D eigenvalue weighted by atomic mass is 32.1. The highest BCUT2D eigenvalue weighted by Gasteiger charge is 2.00. The van der Waals surface area contributed by atoms with Crippen LogP contribution in [0.3, 0.4) is 0 Å². The van der Waals surface area contributed by atoms with Gasteiger partial charge in [-0.15, -0.1) is 0 Å². The molecule has 1 heterocycles. The molecule has 3 rings (SSSR count). The monoisotopic (exact) mass is 300 g/mol. The number of ether oxygens (including phenoxy) is 1. The SMILES string of the molecule is COc1ccc2cc(CNCc3csc(=O)[nH]3)ccc2c1. The summed E-state index contributed by atoms with van der Waals surface area (Å²) in [4.78, 5) is 13.8. The van der Waals surface area contributed by atoms with E-state index in [0.29, 0.717) is 6.54 Å². The number of hydrogen-bond donors (Lipinski definition) is 2. The van der Waals surface area contributed by atoms with Crippen LogP contribution in [0.4, 0.5) is 0 Å². The van der Waals surface area contributed by atoms with Crippen LogP contribution in [0.1, 0.15) is 11.3 Å². The van der Waals surface area contributed by atoms with E-state index in [1.54, 1.807) is 7.11 Å². The summed E-state index contributed by atoms with van der Waals surface area (Å²) >= 11 is 1.19. The van der Waals surface area contributed by atoms with Gasteiger partial charge >= 0.3 is 4.87 Å². The molecule has 0 saturated heterocycles. The van der Waals surface area contributed by atoms with E-state index in [2.05, 4.69) is 34.6 Å². The normalized spacial score (nSPS) is 10.9. The van der Waals surface area contributed by atoms with Crippen LogP contribution >= 0.6 is 11.3 Å². The van der Waals surface area contributed by atoms with Crippen LogP contribution in [-0.2, 0) is 13.1 Å². The quantitative estimate of drug-likeness (QED) is 0.762. The number of rotatable bonds is 5. The van der Waals surface area contributed by atoms with E-state index >= 15 is 0 Å². The van der Waals surface area contributed by atoms with Crippen molar-refractivity contribution in [2.75, 3.05) is 7.11 Å². The first-order valence-corrected chi connectivity index (χ1v) is 7.56. The molecule has 21 heavy (non-hydrogen) atoms. The van der Waals surface area contributed by atoms with Gasteiger partial charge in [0.2, 0.25) is 0 Å². The number of H-pyrrole nitrogens is 1. The third-order valence-electron chi connectivity index (χ3n) is 3.33. The molecule has 2 N–H and O–H groups in total. The first kappa shape index (κ1) is 13.9. The van der Waals surface area contributed by atoms with E-state index in [1.165, 1.54) is 27.7 Å². The standard InChI is InChI=1S/C16H16N2O2S/c1-20-15-5-4-12-6-11(2-3-13(12)7-15)8-17-9-14-10-21-16(19)18-14/h2-7,10,17H,8-9H2,1H3,(H,18,19). The highest BCUT2D eigenvalue weighted by Crippen LogP contribution is 2.21. The van der Waals surface area contributed by atoms with Crippen molar-refractivity contribution in [3.8, 4) is 5.75 Å². The molecule has 0 aliphatic rings. The number of aromatic amines is 1. The fourth-order valence-corrected chi connectivity index (χ4v) is 2.83. The molecule has 1 aromatic heterocycles. The summed E-state index contributed by atoms with van der Waals surface area (Å²) in [6.45, 7) is 1.43. The predicted octanol–water partition coefficient (Wildman–Crippen LogP) is 2.89. The second-order valence-electron chi connectivity index (χ2n) is 4.82. The molecule has 0 aliphatic carbocycles. The largest absolute Gasteiger partial charge is 0.497 e. The molecule has 0 bridgehead atoms. The fourth-order valence-electron chi connectivity index (χ4n) is 2.25. The third-order valence-corrected chi connectivity index (χ3v) is 4.05. The zero-order valence-electron chi connectivity index (χ0n) is 11.7. The minimum Gasteiger partial charge on any atom is -0.497 e. The number of methoxy groups -OCH3 is 1. The van der Waals surface area contributed by atoms with Crippen LogP contribution in [0.15, 0.2) is 46.6 Å². The van der Waals surface area contributed by atoms with Crippen molar-refractivity contribution in [2.24, 2.45) is 0 Å². The highest BCUT2D eigenvalue weighted by molar-refractivity contribution is 7.07. The zero-order valence-corrected chi connectivity index (χ0v) is 12.5. The molecule has 4 nitrogen and oxygen atoms in total. The maximum absolute atomic E-state index is 11.0. The van der Waals surface area contributed by atoms with Crippen molar-refractivity contribution in [3.63, 3.8) is 0 Å². The first-order chi connectivity index (χ1) is 10.2. The Hall–Kier alpha value is -2.11. The predicted molar refractivity (Wildman–Crippen MR) is 86.0 cm³/mol. The second-order valence-corrected chi connectivity index (χ2v) is 5.67. The van der Waals surface area contributed by atoms with Gasteiger partial charge in [0.15, 0.2) is 0 Å². The average Bonchev–Trinajstić information content (AvgIpc) is 2.92. The number of nitrogens with one attached hydrogen (secondary N) is 2. The van der Waals surface area contributed by atoms with Crippen LogP contribution < -0.4 is 14.9 Å². The molecular formula is C16H16N2O2S. The Morgan fingerprint density at radius 2 is 1.95 bits per heavy atom. The second kappa shape index (κ2) is 6.11. The molecule has 5 heteroatoms. The molecule has 3 aromatic rings. The molecule has 108 valence electrons. The maximum Gasteiger partial charge on any atom is 0.304 e. The van der Waals surface area contributed by atoms with E-state index < -0.39 is 0 Å². The van der Waals surface area contributed by atoms with Gasteiger partial charge in [0.05, 0.1) is 7.11 Å². The van der Waals surface area contributed by atoms with Gasteiger partial charge in [0.25, 0.3) is 0 Å². The number of thiazole rings is 1. The summed E-state index contributed by atoms with van der Waals surface area (Å²) in [7, 11) is 1.67. The number of hydrogen-bond acceptors (Lipinski definition) is 4. The lowest BCUT2D eigenvalue weighted by Gasteiger charge is -2.07. The lowest BCUT2D eigenvalue weighted by Crippen LogP contribution is -2.13. The smallest absolute Gasteiger partial charge is 0.304 e. The molecule has 0 aliphatic heterocycles. The molecule has 0 saturated carbocycles. The van der Waals surface area contributed by atoms with Crippen LogP contribution in [-0.4, -0.2) is 12.1 Å². The molecule has 0 fully saturated rings. The van der Waals surface area contributed by atoms with Gasteiger partial charge in [-0.05, 0) is 34.5 Å². The zero-order chi connectivity index (χ0) is 14.7. The van der Waals surface area contributed by atoms with Gasteiger partial charge < -0.3 is 15.0 Å². The molecule has 2 aromatic carbocycles. The summed E-state index contributed by atoms with van der Waals surface area (Å²) < 4.78 is 5.23. The van der Waals surface area contributed by atoms with E-state index in [4.69, 9.17) is 4.74 Å². The van der Waals surface area contributed by atoms with Crippen molar-refractivity contribution in [3.05, 3.63) is 62.7 Å². The van der Waals surface area contributed by atoms with Gasteiger partial charge in [-0.1, -0.05) is 29.5 Å². The van der Waals surface area contributed by atoms with E-state index in [1.807, 2.05) is 17.5 Å². The Bertz CT molecular complexity index is 807. The number of fused-ring (bicyclic) bond motifs is 1. The molecule has 0 radical (unpaired) electrons. The van der Waals surface area contributed by atoms with Crippen LogP contribution in [0.25, 0.3) is 10.8 Å². The lowest BCUT2D eigenvalue weighted by atomic mass is 10.1. The van der Waals surface area contributed by atoms with E-state index in [9.17, 15) is 4.79 Å². The number of aromatic nitrogens is 1. The first-order valence-electron chi connectivity index (χ1n) is 6.69. The summed E-state index contributed by atoms with van der Waals surface area (Å²) in [5.41, 5.74) is 2.14. The van der Waals surface area contributed by atoms with Gasteiger partial charge in [-0.25, -0.2) is 0 Å². The van der Waals surface area contributed by atoms with Crippen molar-refractivity contribution in [1.29, 1.82) is 0 Å². The van der Waals surface area contributed by atoms with E-state index in [0.717, 1.165) is 18.0 Å². The summed E-state index contributed by atoms with van der Waals surface area (Å²) in [6, 6.07) is 12.4. The molecule has 0 amide bonds. The van der Waals surface area contributed by atoms with Crippen LogP contribution in [0.5, 0.6) is 5.75 Å². The molecule has 0 spiro atoms. The topological polar surface area (TPSA) is 54.1 Å². The summed E-state index contributed by atoms with van der Waals surface area (Å²) in [5, 5.41) is 7.54. The Kier molecular flexibility index (Phi) is 4.03. The van der Waals surface area contributed by atoms with E-state index in [-0.39, 0.29) is 4.87 Å². The van der Waals surface area contributed by atoms with Gasteiger partial charge in [-0.3, -0.25) is 4.79 Å². The van der Waals surface area contributed by atoms with Crippen LogP contribution in [0, 0.1) is 0 Å². The number of benzene rings is 2. The lowest BCUT2D eigenvalue weighted by molar-refractivity contribution is 0.415. The molecule has 0 unspecified atom stereocenters.